The zero-order chi connectivity index (χ0) is 10.3. The Hall–Kier alpha value is -0.400. The molecule has 1 N–H and O–H groups in total. The molecule has 1 aliphatic rings. The van der Waals surface area contributed by atoms with Gasteiger partial charge in [-0.2, -0.15) is 0 Å². The summed E-state index contributed by atoms with van der Waals surface area (Å²) in [5, 5.41) is 4.74. The summed E-state index contributed by atoms with van der Waals surface area (Å²) in [5.74, 6) is 0.586. The number of hydrogen-bond donors (Lipinski definition) is 1. The van der Waals surface area contributed by atoms with Crippen LogP contribution in [-0.4, -0.2) is 7.05 Å². The Balaban J connectivity index is 2.58. The Kier molecular flexibility index (Phi) is 2.63. The van der Waals surface area contributed by atoms with Gasteiger partial charge in [0.15, 0.2) is 0 Å². The molecule has 76 valence electrons. The lowest BCUT2D eigenvalue weighted by atomic mass is 10.1. The quantitative estimate of drug-likeness (QED) is 0.801. The van der Waals surface area contributed by atoms with Crippen molar-refractivity contribution < 1.29 is 0 Å². The van der Waals surface area contributed by atoms with Gasteiger partial charge in [-0.25, -0.2) is 0 Å². The van der Waals surface area contributed by atoms with Crippen molar-refractivity contribution in [3.8, 4) is 0 Å². The molecular weight excluding hydrogens is 217 g/mol. The topological polar surface area (TPSA) is 12.0 Å². The standard InChI is InChI=1S/C11H13Cl2N/c1-6-5-8(12)9(7-3-4-7)10(13)11(6)14-2/h5,7,14H,3-4H2,1-2H3. The molecular formula is C11H13Cl2N. The molecule has 1 nitrogen and oxygen atoms in total. The van der Waals surface area contributed by atoms with Gasteiger partial charge >= 0.3 is 0 Å². The van der Waals surface area contributed by atoms with E-state index in [1.165, 1.54) is 12.8 Å². The number of halogens is 2. The first kappa shape index (κ1) is 10.1. The van der Waals surface area contributed by atoms with Crippen molar-refractivity contribution in [3.63, 3.8) is 0 Å². The first-order valence-corrected chi connectivity index (χ1v) is 5.57. The lowest BCUT2D eigenvalue weighted by Gasteiger charge is -2.13. The van der Waals surface area contributed by atoms with Crippen molar-refractivity contribution in [2.24, 2.45) is 0 Å². The molecule has 0 unspecified atom stereocenters. The van der Waals surface area contributed by atoms with Crippen LogP contribution in [0.3, 0.4) is 0 Å². The Morgan fingerprint density at radius 2 is 2.00 bits per heavy atom. The molecule has 1 fully saturated rings. The molecule has 0 aromatic heterocycles. The average molecular weight is 230 g/mol. The van der Waals surface area contributed by atoms with Crippen molar-refractivity contribution >= 4 is 28.9 Å². The van der Waals surface area contributed by atoms with Gasteiger partial charge in [-0.15, -0.1) is 0 Å². The van der Waals surface area contributed by atoms with Gasteiger partial charge in [0.05, 0.1) is 10.7 Å². The third kappa shape index (κ3) is 1.59. The van der Waals surface area contributed by atoms with Gasteiger partial charge < -0.3 is 5.32 Å². The number of aryl methyl sites for hydroxylation is 1. The normalized spacial score (nSPS) is 15.7. The van der Waals surface area contributed by atoms with Crippen LogP contribution < -0.4 is 5.32 Å². The van der Waals surface area contributed by atoms with Crippen LogP contribution >= 0.6 is 23.2 Å². The predicted octanol–water partition coefficient (Wildman–Crippen LogP) is 4.22. The van der Waals surface area contributed by atoms with Crippen LogP contribution in [0.2, 0.25) is 10.0 Å². The molecule has 3 heteroatoms. The van der Waals surface area contributed by atoms with Gasteiger partial charge in [0.25, 0.3) is 0 Å². The highest BCUT2D eigenvalue weighted by Gasteiger charge is 2.29. The maximum atomic E-state index is 6.31. The Morgan fingerprint density at radius 1 is 1.36 bits per heavy atom. The van der Waals surface area contributed by atoms with Crippen LogP contribution in [0, 0.1) is 6.92 Å². The molecule has 0 radical (unpaired) electrons. The minimum Gasteiger partial charge on any atom is -0.387 e. The average Bonchev–Trinajstić information content (AvgIpc) is 2.88. The maximum absolute atomic E-state index is 6.31. The number of benzene rings is 1. The van der Waals surface area contributed by atoms with E-state index in [0.717, 1.165) is 26.9 Å². The second-order valence-corrected chi connectivity index (χ2v) is 4.59. The van der Waals surface area contributed by atoms with Crippen LogP contribution in [0.1, 0.15) is 29.9 Å². The molecule has 0 heterocycles. The summed E-state index contributed by atoms with van der Waals surface area (Å²) in [6.45, 7) is 2.01. The van der Waals surface area contributed by atoms with Crippen molar-refractivity contribution in [1.29, 1.82) is 0 Å². The lowest BCUT2D eigenvalue weighted by molar-refractivity contribution is 1.12. The van der Waals surface area contributed by atoms with E-state index >= 15 is 0 Å². The maximum Gasteiger partial charge on any atom is 0.0689 e. The summed E-state index contributed by atoms with van der Waals surface area (Å²) in [6, 6.07) is 1.99. The number of rotatable bonds is 2. The highest BCUT2D eigenvalue weighted by molar-refractivity contribution is 6.38. The largest absolute Gasteiger partial charge is 0.387 e. The molecule has 0 bridgehead atoms. The Morgan fingerprint density at radius 3 is 2.50 bits per heavy atom. The molecule has 0 amide bonds. The first-order chi connectivity index (χ1) is 6.65. The van der Waals surface area contributed by atoms with Crippen LogP contribution in [0.25, 0.3) is 0 Å². The zero-order valence-corrected chi connectivity index (χ0v) is 9.84. The molecule has 0 atom stereocenters. The van der Waals surface area contributed by atoms with E-state index < -0.39 is 0 Å². The fourth-order valence-electron chi connectivity index (χ4n) is 1.81. The highest BCUT2D eigenvalue weighted by atomic mass is 35.5. The van der Waals surface area contributed by atoms with Gasteiger partial charge in [-0.3, -0.25) is 0 Å². The van der Waals surface area contributed by atoms with Crippen molar-refractivity contribution in [2.45, 2.75) is 25.7 Å². The molecule has 14 heavy (non-hydrogen) atoms. The molecule has 1 aromatic carbocycles. The van der Waals surface area contributed by atoms with E-state index in [-0.39, 0.29) is 0 Å². The molecule has 0 saturated heterocycles. The molecule has 1 saturated carbocycles. The molecule has 1 aromatic rings. The van der Waals surface area contributed by atoms with Crippen LogP contribution in [-0.2, 0) is 0 Å². The molecule has 1 aliphatic carbocycles. The van der Waals surface area contributed by atoms with E-state index in [1.807, 2.05) is 20.0 Å². The van der Waals surface area contributed by atoms with Crippen LogP contribution in [0.5, 0.6) is 0 Å². The highest BCUT2D eigenvalue weighted by Crippen LogP contribution is 2.49. The second kappa shape index (κ2) is 3.63. The lowest BCUT2D eigenvalue weighted by Crippen LogP contribution is -1.96. The molecule has 2 rings (SSSR count). The van der Waals surface area contributed by atoms with Crippen LogP contribution in [0.15, 0.2) is 6.07 Å². The monoisotopic (exact) mass is 229 g/mol. The summed E-state index contributed by atoms with van der Waals surface area (Å²) >= 11 is 12.5. The van der Waals surface area contributed by atoms with Gasteiger partial charge in [-0.05, 0) is 42.9 Å². The minimum absolute atomic E-state index is 0.586. The minimum atomic E-state index is 0.586. The van der Waals surface area contributed by atoms with Crippen molar-refractivity contribution in [3.05, 3.63) is 27.2 Å². The number of nitrogens with one attached hydrogen (secondary N) is 1. The fraction of sp³-hybridized carbons (Fsp3) is 0.455. The van der Waals surface area contributed by atoms with Crippen molar-refractivity contribution in [2.75, 3.05) is 12.4 Å². The van der Waals surface area contributed by atoms with Gasteiger partial charge in [0.1, 0.15) is 0 Å². The fourth-order valence-corrected chi connectivity index (χ4v) is 2.77. The van der Waals surface area contributed by atoms with E-state index in [0.29, 0.717) is 5.92 Å². The van der Waals surface area contributed by atoms with Crippen molar-refractivity contribution in [1.82, 2.24) is 0 Å². The molecule has 0 spiro atoms. The second-order valence-electron chi connectivity index (χ2n) is 3.80. The van der Waals surface area contributed by atoms with E-state index in [9.17, 15) is 0 Å². The number of anilines is 1. The first-order valence-electron chi connectivity index (χ1n) is 4.81. The van der Waals surface area contributed by atoms with E-state index in [2.05, 4.69) is 5.32 Å². The predicted molar refractivity (Wildman–Crippen MR) is 62.7 cm³/mol. The smallest absolute Gasteiger partial charge is 0.0689 e. The summed E-state index contributed by atoms with van der Waals surface area (Å²) < 4.78 is 0. The Labute approximate surface area is 94.4 Å². The third-order valence-electron chi connectivity index (χ3n) is 2.69. The molecule has 0 aliphatic heterocycles. The summed E-state index contributed by atoms with van der Waals surface area (Å²) in [4.78, 5) is 0. The zero-order valence-electron chi connectivity index (χ0n) is 8.32. The SMILES string of the molecule is CNc1c(C)cc(Cl)c(C2CC2)c1Cl. The Bertz CT molecular complexity index is 370. The van der Waals surface area contributed by atoms with Crippen LogP contribution in [0.4, 0.5) is 5.69 Å². The summed E-state index contributed by atoms with van der Waals surface area (Å²) in [6.07, 6.45) is 2.43. The van der Waals surface area contributed by atoms with Gasteiger partial charge in [0, 0.05) is 12.1 Å². The summed E-state index contributed by atoms with van der Waals surface area (Å²) in [5.41, 5.74) is 3.24. The summed E-state index contributed by atoms with van der Waals surface area (Å²) in [7, 11) is 1.89. The van der Waals surface area contributed by atoms with Gasteiger partial charge in [0.2, 0.25) is 0 Å². The third-order valence-corrected chi connectivity index (χ3v) is 3.39. The van der Waals surface area contributed by atoms with E-state index in [1.54, 1.807) is 0 Å². The van der Waals surface area contributed by atoms with Gasteiger partial charge in [-0.1, -0.05) is 23.2 Å². The van der Waals surface area contributed by atoms with E-state index in [4.69, 9.17) is 23.2 Å². The number of hydrogen-bond acceptors (Lipinski definition) is 1.